The van der Waals surface area contributed by atoms with Crippen molar-refractivity contribution in [2.75, 3.05) is 12.1 Å². The first-order valence-electron chi connectivity index (χ1n) is 7.10. The third-order valence-corrected chi connectivity index (χ3v) is 4.60. The standard InChI is InChI=1S/C17H12ClIN2O4/c1-25-14-7-9(6-13(19)15(14)22)5-12-16(23)20-21(17(12)24)11-4-2-3-10(18)8-11/h2-8,22H,1H3,(H,20,23). The summed E-state index contributed by atoms with van der Waals surface area (Å²) in [6.45, 7) is 0. The Balaban J connectivity index is 1.98. The molecule has 1 fully saturated rings. The molecule has 0 radical (unpaired) electrons. The van der Waals surface area contributed by atoms with Crippen molar-refractivity contribution in [3.8, 4) is 11.5 Å². The van der Waals surface area contributed by atoms with E-state index in [1.807, 2.05) is 22.6 Å². The Morgan fingerprint density at radius 2 is 2.04 bits per heavy atom. The number of amides is 2. The van der Waals surface area contributed by atoms with E-state index in [0.717, 1.165) is 5.01 Å². The van der Waals surface area contributed by atoms with Gasteiger partial charge in [0.15, 0.2) is 11.5 Å². The lowest BCUT2D eigenvalue weighted by Gasteiger charge is -2.14. The highest BCUT2D eigenvalue weighted by Crippen LogP contribution is 2.33. The molecule has 0 aromatic heterocycles. The van der Waals surface area contributed by atoms with Crippen molar-refractivity contribution in [1.82, 2.24) is 5.43 Å². The predicted octanol–water partition coefficient (Wildman–Crippen LogP) is 3.12. The summed E-state index contributed by atoms with van der Waals surface area (Å²) in [6.07, 6.45) is 1.45. The van der Waals surface area contributed by atoms with Gasteiger partial charge in [0.2, 0.25) is 0 Å². The number of hydrogen-bond donors (Lipinski definition) is 2. The SMILES string of the molecule is COc1cc(C=C2C(=O)NN(c3cccc(Cl)c3)C2=O)cc(I)c1O. The average Bonchev–Trinajstić information content (AvgIpc) is 2.86. The number of carbonyl (C=O) groups excluding carboxylic acids is 2. The largest absolute Gasteiger partial charge is 0.504 e. The van der Waals surface area contributed by atoms with Crippen LogP contribution in [0.4, 0.5) is 5.69 Å². The second-order valence-corrected chi connectivity index (χ2v) is 6.77. The van der Waals surface area contributed by atoms with Crippen LogP contribution in [0.15, 0.2) is 42.0 Å². The monoisotopic (exact) mass is 470 g/mol. The number of methoxy groups -OCH3 is 1. The number of phenolic OH excluding ortho intramolecular Hbond substituents is 1. The van der Waals surface area contributed by atoms with Gasteiger partial charge in [-0.1, -0.05) is 17.7 Å². The fraction of sp³-hybridized carbons (Fsp3) is 0.0588. The molecule has 2 aromatic rings. The number of halogens is 2. The van der Waals surface area contributed by atoms with E-state index < -0.39 is 11.8 Å². The molecule has 0 aliphatic carbocycles. The Kier molecular flexibility index (Phi) is 4.87. The van der Waals surface area contributed by atoms with Gasteiger partial charge < -0.3 is 9.84 Å². The first-order chi connectivity index (χ1) is 11.9. The molecule has 128 valence electrons. The van der Waals surface area contributed by atoms with Gasteiger partial charge in [-0.2, -0.15) is 0 Å². The van der Waals surface area contributed by atoms with Crippen molar-refractivity contribution < 1.29 is 19.4 Å². The summed E-state index contributed by atoms with van der Waals surface area (Å²) in [5.74, 6) is -0.745. The highest BCUT2D eigenvalue weighted by Gasteiger charge is 2.34. The maximum atomic E-state index is 12.6. The highest BCUT2D eigenvalue weighted by atomic mass is 127. The number of carbonyl (C=O) groups is 2. The molecule has 0 spiro atoms. The van der Waals surface area contributed by atoms with E-state index in [1.165, 1.54) is 13.2 Å². The predicted molar refractivity (Wildman–Crippen MR) is 102 cm³/mol. The molecule has 0 atom stereocenters. The molecule has 2 aromatic carbocycles. The number of ether oxygens (including phenoxy) is 1. The topological polar surface area (TPSA) is 78.9 Å². The molecule has 1 heterocycles. The van der Waals surface area contributed by atoms with Crippen LogP contribution in [0.25, 0.3) is 6.08 Å². The molecule has 0 saturated carbocycles. The van der Waals surface area contributed by atoms with Gasteiger partial charge in [-0.15, -0.1) is 0 Å². The van der Waals surface area contributed by atoms with E-state index in [9.17, 15) is 14.7 Å². The van der Waals surface area contributed by atoms with E-state index >= 15 is 0 Å². The van der Waals surface area contributed by atoms with Crippen LogP contribution in [-0.2, 0) is 9.59 Å². The van der Waals surface area contributed by atoms with Gasteiger partial charge in [-0.3, -0.25) is 15.0 Å². The summed E-state index contributed by atoms with van der Waals surface area (Å²) in [6, 6.07) is 9.80. The van der Waals surface area contributed by atoms with Crippen molar-refractivity contribution in [1.29, 1.82) is 0 Å². The first kappa shape index (κ1) is 17.6. The molecule has 6 nitrogen and oxygen atoms in total. The van der Waals surface area contributed by atoms with Crippen LogP contribution in [0.2, 0.25) is 5.02 Å². The van der Waals surface area contributed by atoms with Gasteiger partial charge in [0.1, 0.15) is 5.57 Å². The van der Waals surface area contributed by atoms with E-state index in [0.29, 0.717) is 19.8 Å². The number of aromatic hydroxyl groups is 1. The van der Waals surface area contributed by atoms with Crippen LogP contribution in [0.3, 0.4) is 0 Å². The van der Waals surface area contributed by atoms with Gasteiger partial charge in [-0.25, -0.2) is 5.01 Å². The summed E-state index contributed by atoms with van der Waals surface area (Å²) in [5.41, 5.74) is 3.51. The lowest BCUT2D eigenvalue weighted by molar-refractivity contribution is -0.117. The molecule has 0 unspecified atom stereocenters. The summed E-state index contributed by atoms with van der Waals surface area (Å²) >= 11 is 7.88. The Bertz CT molecular complexity index is 914. The first-order valence-corrected chi connectivity index (χ1v) is 8.55. The molecular weight excluding hydrogens is 459 g/mol. The number of hydrogen-bond acceptors (Lipinski definition) is 4. The minimum atomic E-state index is -0.521. The van der Waals surface area contributed by atoms with Gasteiger partial charge >= 0.3 is 0 Å². The number of nitrogens with one attached hydrogen (secondary N) is 1. The number of benzene rings is 2. The summed E-state index contributed by atoms with van der Waals surface area (Å²) in [7, 11) is 1.43. The molecule has 2 amide bonds. The Morgan fingerprint density at radius 1 is 1.28 bits per heavy atom. The number of nitrogens with zero attached hydrogens (tertiary/aromatic N) is 1. The van der Waals surface area contributed by atoms with E-state index in [-0.39, 0.29) is 17.1 Å². The second kappa shape index (κ2) is 6.93. The Morgan fingerprint density at radius 3 is 2.72 bits per heavy atom. The zero-order chi connectivity index (χ0) is 18.1. The van der Waals surface area contributed by atoms with E-state index in [1.54, 1.807) is 36.4 Å². The molecule has 1 aliphatic rings. The quantitative estimate of drug-likeness (QED) is 0.410. The minimum absolute atomic E-state index is 0.00741. The van der Waals surface area contributed by atoms with Gasteiger partial charge in [0, 0.05) is 5.02 Å². The number of hydrazine groups is 1. The van der Waals surface area contributed by atoms with Crippen LogP contribution >= 0.6 is 34.2 Å². The summed E-state index contributed by atoms with van der Waals surface area (Å²) < 4.78 is 5.64. The Labute approximate surface area is 162 Å². The molecule has 2 N–H and O–H groups in total. The fourth-order valence-corrected chi connectivity index (χ4v) is 3.16. The normalized spacial score (nSPS) is 15.6. The van der Waals surface area contributed by atoms with Gasteiger partial charge in [0.05, 0.1) is 16.4 Å². The smallest absolute Gasteiger partial charge is 0.282 e. The number of anilines is 1. The lowest BCUT2D eigenvalue weighted by atomic mass is 10.1. The van der Waals surface area contributed by atoms with Crippen LogP contribution < -0.4 is 15.2 Å². The molecule has 1 saturated heterocycles. The Hall–Kier alpha value is -2.26. The van der Waals surface area contributed by atoms with Gasteiger partial charge in [-0.05, 0) is 64.6 Å². The minimum Gasteiger partial charge on any atom is -0.504 e. The number of rotatable bonds is 3. The van der Waals surface area contributed by atoms with Crippen molar-refractivity contribution >= 4 is 57.8 Å². The van der Waals surface area contributed by atoms with E-state index in [4.69, 9.17) is 16.3 Å². The molecule has 1 aliphatic heterocycles. The van der Waals surface area contributed by atoms with Crippen molar-refractivity contribution in [2.45, 2.75) is 0 Å². The lowest BCUT2D eigenvalue weighted by Crippen LogP contribution is -2.35. The van der Waals surface area contributed by atoms with Gasteiger partial charge in [0.25, 0.3) is 11.8 Å². The molecule has 25 heavy (non-hydrogen) atoms. The van der Waals surface area contributed by atoms with Crippen LogP contribution in [0, 0.1) is 3.57 Å². The van der Waals surface area contributed by atoms with Crippen LogP contribution in [0.1, 0.15) is 5.56 Å². The fourth-order valence-electron chi connectivity index (χ4n) is 2.35. The number of phenols is 1. The van der Waals surface area contributed by atoms with Crippen LogP contribution in [-0.4, -0.2) is 24.0 Å². The third kappa shape index (κ3) is 3.42. The highest BCUT2D eigenvalue weighted by molar-refractivity contribution is 14.1. The van der Waals surface area contributed by atoms with E-state index in [2.05, 4.69) is 5.43 Å². The molecule has 0 bridgehead atoms. The van der Waals surface area contributed by atoms with Crippen molar-refractivity contribution in [3.63, 3.8) is 0 Å². The maximum absolute atomic E-state index is 12.6. The summed E-state index contributed by atoms with van der Waals surface area (Å²) in [4.78, 5) is 24.8. The van der Waals surface area contributed by atoms with Crippen molar-refractivity contribution in [2.24, 2.45) is 0 Å². The summed E-state index contributed by atoms with van der Waals surface area (Å²) in [5, 5.41) is 11.5. The molecule has 8 heteroatoms. The third-order valence-electron chi connectivity index (χ3n) is 3.54. The zero-order valence-corrected chi connectivity index (χ0v) is 15.8. The average molecular weight is 471 g/mol. The molecule has 3 rings (SSSR count). The van der Waals surface area contributed by atoms with Crippen LogP contribution in [0.5, 0.6) is 11.5 Å². The van der Waals surface area contributed by atoms with Crippen molar-refractivity contribution in [3.05, 3.63) is 56.1 Å². The second-order valence-electron chi connectivity index (χ2n) is 5.17. The zero-order valence-electron chi connectivity index (χ0n) is 12.9. The maximum Gasteiger partial charge on any atom is 0.282 e. The molecular formula is C17H12ClIN2O4.